The van der Waals surface area contributed by atoms with Gasteiger partial charge in [0.15, 0.2) is 0 Å². The molecule has 17 heavy (non-hydrogen) atoms. The Hall–Kier alpha value is -1.51. The molecule has 0 heterocycles. The molecule has 0 bridgehead atoms. The summed E-state index contributed by atoms with van der Waals surface area (Å²) in [6.45, 7) is 6.72. The first kappa shape index (κ1) is 12.0. The maximum absolute atomic E-state index is 11.1. The molecular formula is C14H19NO2. The monoisotopic (exact) mass is 233 g/mol. The summed E-state index contributed by atoms with van der Waals surface area (Å²) in [5.41, 5.74) is 4.18. The van der Waals surface area contributed by atoms with Crippen LogP contribution in [0.5, 0.6) is 0 Å². The quantitative estimate of drug-likeness (QED) is 0.840. The molecule has 1 saturated carbocycles. The van der Waals surface area contributed by atoms with Gasteiger partial charge in [-0.15, -0.1) is 0 Å². The standard InChI is InChI=1S/C14H19NO2/c1-9-6-10(2)12(11(3)7-9)15-8-14(4-5-14)13(16)17/h6-7,15H,4-5,8H2,1-3H3,(H,16,17). The van der Waals surface area contributed by atoms with E-state index in [1.165, 1.54) is 16.7 Å². The van der Waals surface area contributed by atoms with Crippen molar-refractivity contribution in [3.05, 3.63) is 28.8 Å². The van der Waals surface area contributed by atoms with Gasteiger partial charge in [0.1, 0.15) is 0 Å². The molecule has 0 spiro atoms. The molecule has 1 aliphatic carbocycles. The Morgan fingerprint density at radius 3 is 2.24 bits per heavy atom. The molecule has 0 aliphatic heterocycles. The van der Waals surface area contributed by atoms with Crippen molar-refractivity contribution in [1.82, 2.24) is 0 Å². The summed E-state index contributed by atoms with van der Waals surface area (Å²) in [5.74, 6) is -0.674. The molecular weight excluding hydrogens is 214 g/mol. The largest absolute Gasteiger partial charge is 0.481 e. The number of hydrogen-bond acceptors (Lipinski definition) is 2. The zero-order valence-corrected chi connectivity index (χ0v) is 10.6. The Kier molecular flexibility index (Phi) is 2.86. The zero-order valence-electron chi connectivity index (χ0n) is 10.6. The van der Waals surface area contributed by atoms with Crippen LogP contribution in [0, 0.1) is 26.2 Å². The van der Waals surface area contributed by atoms with Gasteiger partial charge in [-0.2, -0.15) is 0 Å². The molecule has 1 aromatic carbocycles. The third-order valence-electron chi connectivity index (χ3n) is 3.59. The zero-order chi connectivity index (χ0) is 12.6. The average molecular weight is 233 g/mol. The molecule has 0 aromatic heterocycles. The van der Waals surface area contributed by atoms with E-state index in [0.29, 0.717) is 6.54 Å². The topological polar surface area (TPSA) is 49.3 Å². The Bertz CT molecular complexity index is 438. The van der Waals surface area contributed by atoms with Crippen molar-refractivity contribution < 1.29 is 9.90 Å². The van der Waals surface area contributed by atoms with Gasteiger partial charge in [-0.3, -0.25) is 4.79 Å². The Morgan fingerprint density at radius 1 is 1.29 bits per heavy atom. The molecule has 0 atom stereocenters. The van der Waals surface area contributed by atoms with Gasteiger partial charge in [-0.05, 0) is 44.7 Å². The second kappa shape index (κ2) is 4.06. The van der Waals surface area contributed by atoms with E-state index in [-0.39, 0.29) is 0 Å². The minimum Gasteiger partial charge on any atom is -0.481 e. The molecule has 0 amide bonds. The molecule has 2 rings (SSSR count). The minimum absolute atomic E-state index is 0.510. The molecule has 1 aliphatic rings. The molecule has 2 N–H and O–H groups in total. The van der Waals surface area contributed by atoms with Crippen molar-refractivity contribution >= 4 is 11.7 Å². The fraction of sp³-hybridized carbons (Fsp3) is 0.500. The number of aryl methyl sites for hydroxylation is 3. The second-order valence-corrected chi connectivity index (χ2v) is 5.21. The molecule has 1 aromatic rings. The van der Waals surface area contributed by atoms with Gasteiger partial charge < -0.3 is 10.4 Å². The van der Waals surface area contributed by atoms with Gasteiger partial charge in [0.25, 0.3) is 0 Å². The number of carbonyl (C=O) groups is 1. The summed E-state index contributed by atoms with van der Waals surface area (Å²) in [7, 11) is 0. The molecule has 3 nitrogen and oxygen atoms in total. The molecule has 1 fully saturated rings. The van der Waals surface area contributed by atoms with E-state index in [2.05, 4.69) is 38.2 Å². The van der Waals surface area contributed by atoms with Crippen LogP contribution in [-0.2, 0) is 4.79 Å². The highest BCUT2D eigenvalue weighted by atomic mass is 16.4. The van der Waals surface area contributed by atoms with E-state index in [9.17, 15) is 4.79 Å². The van der Waals surface area contributed by atoms with Crippen LogP contribution in [-0.4, -0.2) is 17.6 Å². The number of rotatable bonds is 4. The van der Waals surface area contributed by atoms with Crippen LogP contribution in [0.4, 0.5) is 5.69 Å². The number of hydrogen-bond donors (Lipinski definition) is 2. The van der Waals surface area contributed by atoms with E-state index >= 15 is 0 Å². The van der Waals surface area contributed by atoms with Crippen LogP contribution in [0.15, 0.2) is 12.1 Å². The van der Waals surface area contributed by atoms with E-state index in [1.807, 2.05) is 0 Å². The summed E-state index contributed by atoms with van der Waals surface area (Å²) in [6.07, 6.45) is 1.58. The van der Waals surface area contributed by atoms with Gasteiger partial charge in [0.05, 0.1) is 5.41 Å². The number of nitrogens with one attached hydrogen (secondary N) is 1. The van der Waals surface area contributed by atoms with Crippen LogP contribution in [0.3, 0.4) is 0 Å². The maximum atomic E-state index is 11.1. The van der Waals surface area contributed by atoms with Crippen molar-refractivity contribution in [2.75, 3.05) is 11.9 Å². The normalized spacial score (nSPS) is 16.6. The first-order valence-corrected chi connectivity index (χ1v) is 6.00. The lowest BCUT2D eigenvalue weighted by atomic mass is 10.0. The first-order chi connectivity index (χ1) is 7.94. The van der Waals surface area contributed by atoms with Gasteiger partial charge in [0.2, 0.25) is 0 Å². The number of carboxylic acid groups (broad SMARTS) is 1. The van der Waals surface area contributed by atoms with Gasteiger partial charge >= 0.3 is 5.97 Å². The predicted molar refractivity (Wildman–Crippen MR) is 68.4 cm³/mol. The first-order valence-electron chi connectivity index (χ1n) is 6.00. The number of carboxylic acids is 1. The van der Waals surface area contributed by atoms with E-state index in [1.54, 1.807) is 0 Å². The van der Waals surface area contributed by atoms with Crippen LogP contribution >= 0.6 is 0 Å². The molecule has 92 valence electrons. The van der Waals surface area contributed by atoms with Crippen LogP contribution in [0.1, 0.15) is 29.5 Å². The number of benzene rings is 1. The SMILES string of the molecule is Cc1cc(C)c(NCC2(C(=O)O)CC2)c(C)c1. The Morgan fingerprint density at radius 2 is 1.82 bits per heavy atom. The van der Waals surface area contributed by atoms with Gasteiger partial charge in [0, 0.05) is 12.2 Å². The highest BCUT2D eigenvalue weighted by molar-refractivity contribution is 5.78. The second-order valence-electron chi connectivity index (χ2n) is 5.21. The summed E-state index contributed by atoms with van der Waals surface area (Å²) >= 11 is 0. The van der Waals surface area contributed by atoms with Gasteiger partial charge in [-0.1, -0.05) is 17.7 Å². The highest BCUT2D eigenvalue weighted by Gasteiger charge is 2.50. The van der Waals surface area contributed by atoms with E-state index < -0.39 is 11.4 Å². The number of anilines is 1. The maximum Gasteiger partial charge on any atom is 0.311 e. The van der Waals surface area contributed by atoms with E-state index in [4.69, 9.17) is 5.11 Å². The van der Waals surface area contributed by atoms with Crippen molar-refractivity contribution in [2.24, 2.45) is 5.41 Å². The Balaban J connectivity index is 2.12. The third kappa shape index (κ3) is 2.28. The minimum atomic E-state index is -0.674. The van der Waals surface area contributed by atoms with Crippen LogP contribution in [0.25, 0.3) is 0 Å². The number of aliphatic carboxylic acids is 1. The fourth-order valence-corrected chi connectivity index (χ4v) is 2.33. The Labute approximate surface area is 102 Å². The summed E-state index contributed by atoms with van der Waals surface area (Å²) in [4.78, 5) is 11.1. The fourth-order valence-electron chi connectivity index (χ4n) is 2.33. The summed E-state index contributed by atoms with van der Waals surface area (Å²) in [5, 5.41) is 12.4. The molecule has 0 saturated heterocycles. The van der Waals surface area contributed by atoms with Crippen molar-refractivity contribution in [2.45, 2.75) is 33.6 Å². The van der Waals surface area contributed by atoms with Crippen LogP contribution in [0.2, 0.25) is 0 Å². The smallest absolute Gasteiger partial charge is 0.311 e. The lowest BCUT2D eigenvalue weighted by Gasteiger charge is -2.17. The average Bonchev–Trinajstić information content (AvgIpc) is 2.96. The van der Waals surface area contributed by atoms with Crippen molar-refractivity contribution in [3.8, 4) is 0 Å². The predicted octanol–water partition coefficient (Wildman–Crippen LogP) is 2.89. The summed E-state index contributed by atoms with van der Waals surface area (Å²) < 4.78 is 0. The molecule has 0 radical (unpaired) electrons. The summed E-state index contributed by atoms with van der Waals surface area (Å²) in [6, 6.07) is 4.24. The lowest BCUT2D eigenvalue weighted by molar-refractivity contribution is -0.142. The third-order valence-corrected chi connectivity index (χ3v) is 3.59. The van der Waals surface area contributed by atoms with Crippen molar-refractivity contribution in [1.29, 1.82) is 0 Å². The van der Waals surface area contributed by atoms with Crippen LogP contribution < -0.4 is 5.32 Å². The van der Waals surface area contributed by atoms with E-state index in [0.717, 1.165) is 18.5 Å². The highest BCUT2D eigenvalue weighted by Crippen LogP contribution is 2.46. The lowest BCUT2D eigenvalue weighted by Crippen LogP contribution is -2.24. The molecule has 3 heteroatoms. The van der Waals surface area contributed by atoms with Crippen molar-refractivity contribution in [3.63, 3.8) is 0 Å². The van der Waals surface area contributed by atoms with Gasteiger partial charge in [-0.25, -0.2) is 0 Å². The molecule has 0 unspecified atom stereocenters.